The van der Waals surface area contributed by atoms with Crippen molar-refractivity contribution in [1.82, 2.24) is 4.98 Å². The first-order chi connectivity index (χ1) is 5.54. The van der Waals surface area contributed by atoms with E-state index >= 15 is 0 Å². The van der Waals surface area contributed by atoms with Crippen molar-refractivity contribution in [3.8, 4) is 0 Å². The van der Waals surface area contributed by atoms with Crippen LogP contribution in [0.1, 0.15) is 17.7 Å². The first kappa shape index (κ1) is 9.86. The molecule has 0 N–H and O–H groups in total. The third kappa shape index (κ3) is 1.75. The zero-order valence-electron chi connectivity index (χ0n) is 6.11. The average molecular weight is 256 g/mol. The second-order valence-corrected chi connectivity index (χ2v) is 3.40. The number of aryl methyl sites for hydroxylation is 1. The number of hydrogen-bond donors (Lipinski definition) is 0. The molecular weight excluding hydrogens is 251 g/mol. The van der Waals surface area contributed by atoms with Crippen molar-refractivity contribution in [1.29, 1.82) is 0 Å². The van der Waals surface area contributed by atoms with E-state index in [2.05, 4.69) is 20.9 Å². The molecule has 0 amide bonds. The fraction of sp³-hybridized carbons (Fsp3) is 0.286. The second-order valence-electron chi connectivity index (χ2n) is 2.23. The minimum atomic E-state index is -2.58. The molecule has 0 aliphatic heterocycles. The van der Waals surface area contributed by atoms with Crippen LogP contribution in [0.15, 0.2) is 10.7 Å². The number of halogens is 4. The lowest BCUT2D eigenvalue weighted by molar-refractivity contribution is 0.151. The molecule has 0 spiro atoms. The van der Waals surface area contributed by atoms with Crippen molar-refractivity contribution in [2.45, 2.75) is 13.3 Å². The Morgan fingerprint density at radius 3 is 2.67 bits per heavy atom. The highest BCUT2D eigenvalue weighted by Gasteiger charge is 2.15. The van der Waals surface area contributed by atoms with Crippen molar-refractivity contribution >= 4 is 27.5 Å². The Bertz CT molecular complexity index is 304. The highest BCUT2D eigenvalue weighted by atomic mass is 79.9. The zero-order chi connectivity index (χ0) is 9.30. The molecule has 66 valence electrons. The topological polar surface area (TPSA) is 12.9 Å². The van der Waals surface area contributed by atoms with Crippen molar-refractivity contribution in [2.24, 2.45) is 0 Å². The molecule has 1 aromatic rings. The van der Waals surface area contributed by atoms with Crippen LogP contribution in [0.2, 0.25) is 5.02 Å². The molecule has 0 atom stereocenters. The van der Waals surface area contributed by atoms with Crippen LogP contribution >= 0.6 is 27.5 Å². The van der Waals surface area contributed by atoms with Crippen LogP contribution in [0.25, 0.3) is 0 Å². The molecule has 0 unspecified atom stereocenters. The van der Waals surface area contributed by atoms with Gasteiger partial charge in [-0.2, -0.15) is 0 Å². The van der Waals surface area contributed by atoms with Crippen LogP contribution in [-0.4, -0.2) is 4.98 Å². The molecule has 0 saturated carbocycles. The molecule has 0 aliphatic carbocycles. The van der Waals surface area contributed by atoms with Crippen LogP contribution in [0.3, 0.4) is 0 Å². The van der Waals surface area contributed by atoms with Gasteiger partial charge < -0.3 is 0 Å². The summed E-state index contributed by atoms with van der Waals surface area (Å²) in [5.41, 5.74) is 0.360. The molecule has 0 aromatic carbocycles. The van der Waals surface area contributed by atoms with E-state index < -0.39 is 6.43 Å². The van der Waals surface area contributed by atoms with Gasteiger partial charge in [0.1, 0.15) is 0 Å². The summed E-state index contributed by atoms with van der Waals surface area (Å²) in [5.74, 6) is 0. The van der Waals surface area contributed by atoms with Gasteiger partial charge in [0.2, 0.25) is 0 Å². The maximum absolute atomic E-state index is 12.2. The lowest BCUT2D eigenvalue weighted by Crippen LogP contribution is -1.92. The minimum Gasteiger partial charge on any atom is -0.260 e. The van der Waals surface area contributed by atoms with Crippen LogP contribution < -0.4 is 0 Å². The third-order valence-electron chi connectivity index (χ3n) is 1.40. The molecule has 1 aromatic heterocycles. The SMILES string of the molecule is Cc1ncc(C(F)F)c(Cl)c1Br. The van der Waals surface area contributed by atoms with E-state index in [1.54, 1.807) is 6.92 Å². The Balaban J connectivity index is 3.27. The molecule has 0 bridgehead atoms. The fourth-order valence-electron chi connectivity index (χ4n) is 0.717. The Labute approximate surface area is 81.9 Å². The number of pyridine rings is 1. The standard InChI is InChI=1S/C7H5BrClF2N/c1-3-5(8)6(9)4(2-12-3)7(10)11/h2,7H,1H3. The molecule has 0 aliphatic rings. The van der Waals surface area contributed by atoms with E-state index in [0.717, 1.165) is 6.20 Å². The van der Waals surface area contributed by atoms with Gasteiger partial charge in [0.05, 0.1) is 20.8 Å². The summed E-state index contributed by atoms with van der Waals surface area (Å²) in [4.78, 5) is 3.75. The zero-order valence-corrected chi connectivity index (χ0v) is 8.46. The summed E-state index contributed by atoms with van der Waals surface area (Å²) >= 11 is 8.70. The van der Waals surface area contributed by atoms with Crippen LogP contribution in [0, 0.1) is 6.92 Å². The summed E-state index contributed by atoms with van der Waals surface area (Å²) in [6.07, 6.45) is -1.49. The molecular formula is C7H5BrClF2N. The largest absolute Gasteiger partial charge is 0.266 e. The molecule has 1 heterocycles. The number of alkyl halides is 2. The number of hydrogen-bond acceptors (Lipinski definition) is 1. The predicted octanol–water partition coefficient (Wildman–Crippen LogP) is 3.74. The summed E-state index contributed by atoms with van der Waals surface area (Å²) < 4.78 is 24.8. The van der Waals surface area contributed by atoms with E-state index in [4.69, 9.17) is 11.6 Å². The molecule has 12 heavy (non-hydrogen) atoms. The number of nitrogens with zero attached hydrogens (tertiary/aromatic N) is 1. The highest BCUT2D eigenvalue weighted by molar-refractivity contribution is 9.10. The van der Waals surface area contributed by atoms with Crippen molar-refractivity contribution < 1.29 is 8.78 Å². The van der Waals surface area contributed by atoms with Crippen LogP contribution in [-0.2, 0) is 0 Å². The van der Waals surface area contributed by atoms with Gasteiger partial charge >= 0.3 is 0 Å². The molecule has 5 heteroatoms. The molecule has 1 nitrogen and oxygen atoms in total. The Morgan fingerprint density at radius 2 is 2.17 bits per heavy atom. The lowest BCUT2D eigenvalue weighted by atomic mass is 10.2. The first-order valence-electron chi connectivity index (χ1n) is 3.12. The quantitative estimate of drug-likeness (QED) is 0.746. The fourth-order valence-corrected chi connectivity index (χ4v) is 1.32. The highest BCUT2D eigenvalue weighted by Crippen LogP contribution is 2.33. The van der Waals surface area contributed by atoms with Gasteiger partial charge in [-0.1, -0.05) is 11.6 Å². The summed E-state index contributed by atoms with van der Waals surface area (Å²) in [5, 5.41) is 0.0394. The van der Waals surface area contributed by atoms with Crippen LogP contribution in [0.5, 0.6) is 0 Å². The van der Waals surface area contributed by atoms with Gasteiger partial charge in [0.25, 0.3) is 6.43 Å². The van der Waals surface area contributed by atoms with Gasteiger partial charge in [0, 0.05) is 6.20 Å². The summed E-state index contributed by atoms with van der Waals surface area (Å²) in [6, 6.07) is 0. The smallest absolute Gasteiger partial charge is 0.260 e. The average Bonchev–Trinajstić information content (AvgIpc) is 2.00. The first-order valence-corrected chi connectivity index (χ1v) is 4.29. The minimum absolute atomic E-state index is 0.0394. The van der Waals surface area contributed by atoms with E-state index in [1.165, 1.54) is 0 Å². The Hall–Kier alpha value is -0.220. The van der Waals surface area contributed by atoms with Crippen molar-refractivity contribution in [2.75, 3.05) is 0 Å². The van der Waals surface area contributed by atoms with Crippen molar-refractivity contribution in [3.05, 3.63) is 26.9 Å². The molecule has 0 saturated heterocycles. The number of rotatable bonds is 1. The normalized spacial score (nSPS) is 10.8. The summed E-state index contributed by atoms with van der Waals surface area (Å²) in [6.45, 7) is 1.69. The predicted molar refractivity (Wildman–Crippen MR) is 46.6 cm³/mol. The lowest BCUT2D eigenvalue weighted by Gasteiger charge is -2.05. The van der Waals surface area contributed by atoms with E-state index in [1.807, 2.05) is 0 Å². The number of aromatic nitrogens is 1. The van der Waals surface area contributed by atoms with Gasteiger partial charge in [-0.3, -0.25) is 4.98 Å². The molecule has 0 fully saturated rings. The maximum Gasteiger partial charge on any atom is 0.266 e. The monoisotopic (exact) mass is 255 g/mol. The van der Waals surface area contributed by atoms with Gasteiger partial charge in [-0.15, -0.1) is 0 Å². The van der Waals surface area contributed by atoms with E-state index in [9.17, 15) is 8.78 Å². The van der Waals surface area contributed by atoms with Crippen molar-refractivity contribution in [3.63, 3.8) is 0 Å². The van der Waals surface area contributed by atoms with E-state index in [-0.39, 0.29) is 10.6 Å². The third-order valence-corrected chi connectivity index (χ3v) is 3.00. The van der Waals surface area contributed by atoms with Crippen LogP contribution in [0.4, 0.5) is 8.78 Å². The summed E-state index contributed by atoms with van der Waals surface area (Å²) in [7, 11) is 0. The second kappa shape index (κ2) is 3.66. The Morgan fingerprint density at radius 1 is 1.58 bits per heavy atom. The maximum atomic E-state index is 12.2. The van der Waals surface area contributed by atoms with Gasteiger partial charge in [-0.25, -0.2) is 8.78 Å². The van der Waals surface area contributed by atoms with Gasteiger partial charge in [-0.05, 0) is 22.9 Å². The Kier molecular flexibility index (Phi) is 3.01. The van der Waals surface area contributed by atoms with E-state index in [0.29, 0.717) is 10.2 Å². The molecule has 1 rings (SSSR count). The molecule has 0 radical (unpaired) electrons. The van der Waals surface area contributed by atoms with Gasteiger partial charge in [0.15, 0.2) is 0 Å².